The fourth-order valence-electron chi connectivity index (χ4n) is 1.26. The molecule has 0 heterocycles. The first-order valence-corrected chi connectivity index (χ1v) is 5.74. The maximum atomic E-state index is 3.60. The van der Waals surface area contributed by atoms with E-state index in [1.807, 2.05) is 6.08 Å². The number of rotatable bonds is 9. The largest absolute Gasteiger partial charge is 0.0991 e. The van der Waals surface area contributed by atoms with Crippen LogP contribution in [0, 0.1) is 6.08 Å². The predicted molar refractivity (Wildman–Crippen MR) is 65.1 cm³/mol. The van der Waals surface area contributed by atoms with E-state index in [1.165, 1.54) is 32.1 Å². The van der Waals surface area contributed by atoms with Crippen molar-refractivity contribution in [2.24, 2.45) is 0 Å². The second kappa shape index (κ2) is 12.2. The van der Waals surface area contributed by atoms with Gasteiger partial charge in [-0.3, -0.25) is 0 Å². The Morgan fingerprint density at radius 3 is 2.57 bits per heavy atom. The van der Waals surface area contributed by atoms with Gasteiger partial charge >= 0.3 is 0 Å². The summed E-state index contributed by atoms with van der Waals surface area (Å²) in [5, 5.41) is 0. The van der Waals surface area contributed by atoms with Gasteiger partial charge in [0.15, 0.2) is 0 Å². The van der Waals surface area contributed by atoms with Crippen molar-refractivity contribution in [2.45, 2.75) is 51.9 Å². The van der Waals surface area contributed by atoms with Gasteiger partial charge in [-0.25, -0.2) is 0 Å². The molecule has 0 unspecified atom stereocenters. The molecule has 79 valence electrons. The number of hydrogen-bond acceptors (Lipinski definition) is 0. The molecule has 0 aromatic heterocycles. The highest BCUT2D eigenvalue weighted by Crippen LogP contribution is 2.03. The third-order valence-electron chi connectivity index (χ3n) is 2.08. The van der Waals surface area contributed by atoms with Crippen molar-refractivity contribution in [3.8, 4) is 0 Å². The minimum atomic E-state index is 1.01. The van der Waals surface area contributed by atoms with Crippen LogP contribution in [0.1, 0.15) is 51.9 Å². The molecule has 0 aromatic rings. The van der Waals surface area contributed by atoms with Crippen molar-refractivity contribution in [3.63, 3.8) is 0 Å². The van der Waals surface area contributed by atoms with Gasteiger partial charge in [0.2, 0.25) is 0 Å². The van der Waals surface area contributed by atoms with E-state index < -0.39 is 0 Å². The van der Waals surface area contributed by atoms with E-state index >= 15 is 0 Å². The van der Waals surface area contributed by atoms with E-state index in [0.29, 0.717) is 0 Å². The summed E-state index contributed by atoms with van der Waals surface area (Å²) < 4.78 is 0. The lowest BCUT2D eigenvalue weighted by Crippen LogP contribution is -1.73. The lowest BCUT2D eigenvalue weighted by atomic mass is 10.1. The monoisotopic (exact) mass is 191 g/mol. The lowest BCUT2D eigenvalue weighted by molar-refractivity contribution is 0.674. The molecule has 0 heteroatoms. The van der Waals surface area contributed by atoms with Crippen LogP contribution in [0.15, 0.2) is 30.9 Å². The minimum absolute atomic E-state index is 1.01. The molecule has 0 aromatic carbocycles. The minimum Gasteiger partial charge on any atom is -0.0991 e. The van der Waals surface area contributed by atoms with Gasteiger partial charge in [0.1, 0.15) is 0 Å². The zero-order chi connectivity index (χ0) is 10.5. The van der Waals surface area contributed by atoms with E-state index in [0.717, 1.165) is 12.8 Å². The van der Waals surface area contributed by atoms with Gasteiger partial charge in [-0.05, 0) is 31.8 Å². The molecule has 0 bridgehead atoms. The molecule has 0 saturated heterocycles. The third-order valence-corrected chi connectivity index (χ3v) is 2.08. The van der Waals surface area contributed by atoms with Crippen LogP contribution >= 0.6 is 0 Å². The highest BCUT2D eigenvalue weighted by molar-refractivity contribution is 4.93. The Kier molecular flexibility index (Phi) is 11.5. The molecule has 0 rings (SSSR count). The van der Waals surface area contributed by atoms with Crippen LogP contribution in [0.4, 0.5) is 0 Å². The van der Waals surface area contributed by atoms with Gasteiger partial charge in [-0.15, -0.1) is 0 Å². The first kappa shape index (κ1) is 13.2. The molecule has 0 atom stereocenters. The molecule has 14 heavy (non-hydrogen) atoms. The number of hydrogen-bond donors (Lipinski definition) is 0. The van der Waals surface area contributed by atoms with Crippen LogP contribution in [-0.4, -0.2) is 0 Å². The average molecular weight is 191 g/mol. The average Bonchev–Trinajstić information content (AvgIpc) is 2.21. The summed E-state index contributed by atoms with van der Waals surface area (Å²) in [4.78, 5) is 0. The Balaban J connectivity index is 3.11. The molecule has 0 fully saturated rings. The van der Waals surface area contributed by atoms with Crippen LogP contribution in [0.2, 0.25) is 0 Å². The van der Waals surface area contributed by atoms with Gasteiger partial charge in [-0.2, -0.15) is 0 Å². The molecule has 0 amide bonds. The maximum Gasteiger partial charge on any atom is -0.0241 e. The molecule has 0 nitrogen and oxygen atoms in total. The molecular weight excluding hydrogens is 168 g/mol. The fourth-order valence-corrected chi connectivity index (χ4v) is 1.26. The van der Waals surface area contributed by atoms with Crippen molar-refractivity contribution in [3.05, 3.63) is 37.0 Å². The molecule has 0 N–H and O–H groups in total. The molecule has 0 spiro atoms. The zero-order valence-corrected chi connectivity index (χ0v) is 9.47. The Hall–Kier alpha value is -0.780. The van der Waals surface area contributed by atoms with E-state index in [9.17, 15) is 0 Å². The second-order valence-electron chi connectivity index (χ2n) is 3.47. The lowest BCUT2D eigenvalue weighted by Gasteiger charge is -1.93. The summed E-state index contributed by atoms with van der Waals surface area (Å²) in [5.74, 6) is 0. The number of allylic oxidation sites excluding steroid dienone is 5. The maximum absolute atomic E-state index is 3.60. The number of unbranched alkanes of at least 4 members (excludes halogenated alkanes) is 5. The molecule has 0 aliphatic rings. The Morgan fingerprint density at radius 1 is 1.07 bits per heavy atom. The summed E-state index contributed by atoms with van der Waals surface area (Å²) in [6.07, 6.45) is 20.2. The molecule has 0 aliphatic carbocycles. The van der Waals surface area contributed by atoms with E-state index in [4.69, 9.17) is 0 Å². The summed E-state index contributed by atoms with van der Waals surface area (Å²) in [6.45, 7) is 5.85. The quantitative estimate of drug-likeness (QED) is 0.278. The topological polar surface area (TPSA) is 0 Å². The summed E-state index contributed by atoms with van der Waals surface area (Å²) in [5.41, 5.74) is 0. The summed E-state index contributed by atoms with van der Waals surface area (Å²) in [6, 6.07) is 0. The van der Waals surface area contributed by atoms with Crippen molar-refractivity contribution in [1.29, 1.82) is 0 Å². The SMILES string of the molecule is C=C/C=[C]/CCC=CCCCCCC. The van der Waals surface area contributed by atoms with Crippen LogP contribution in [0.3, 0.4) is 0 Å². The van der Waals surface area contributed by atoms with Crippen LogP contribution in [0.25, 0.3) is 0 Å². The smallest absolute Gasteiger partial charge is 0.0241 e. The molecular formula is C14H23. The highest BCUT2D eigenvalue weighted by Gasteiger charge is 1.83. The third kappa shape index (κ3) is 11.2. The standard InChI is InChI=1S/C14H23/c1-3-5-7-9-11-13-14-12-10-8-6-4-2/h3,5,13-14H,1,4,6,8-12H2,2H3. The Labute approximate surface area is 89.4 Å². The van der Waals surface area contributed by atoms with Gasteiger partial charge < -0.3 is 0 Å². The van der Waals surface area contributed by atoms with Crippen molar-refractivity contribution in [2.75, 3.05) is 0 Å². The summed E-state index contributed by atoms with van der Waals surface area (Å²) in [7, 11) is 0. The summed E-state index contributed by atoms with van der Waals surface area (Å²) >= 11 is 0. The zero-order valence-electron chi connectivity index (χ0n) is 9.47. The van der Waals surface area contributed by atoms with Crippen LogP contribution in [-0.2, 0) is 0 Å². The molecule has 1 radical (unpaired) electrons. The molecule has 0 saturated carbocycles. The van der Waals surface area contributed by atoms with Crippen LogP contribution < -0.4 is 0 Å². The first-order chi connectivity index (χ1) is 6.91. The van der Waals surface area contributed by atoms with Crippen LogP contribution in [0.5, 0.6) is 0 Å². The van der Waals surface area contributed by atoms with Gasteiger partial charge in [0, 0.05) is 0 Å². The van der Waals surface area contributed by atoms with E-state index in [2.05, 4.69) is 31.7 Å². The Bertz CT molecular complexity index is 163. The normalized spacial score (nSPS) is 11.5. The van der Waals surface area contributed by atoms with Crippen molar-refractivity contribution < 1.29 is 0 Å². The fraction of sp³-hybridized carbons (Fsp3) is 0.571. The van der Waals surface area contributed by atoms with Gasteiger partial charge in [0.25, 0.3) is 0 Å². The second-order valence-corrected chi connectivity index (χ2v) is 3.47. The van der Waals surface area contributed by atoms with Crippen molar-refractivity contribution >= 4 is 0 Å². The first-order valence-electron chi connectivity index (χ1n) is 5.74. The predicted octanol–water partition coefficient (Wildman–Crippen LogP) is 4.84. The highest BCUT2D eigenvalue weighted by atomic mass is 13.9. The van der Waals surface area contributed by atoms with Crippen molar-refractivity contribution in [1.82, 2.24) is 0 Å². The van der Waals surface area contributed by atoms with E-state index in [1.54, 1.807) is 6.08 Å². The Morgan fingerprint density at radius 2 is 1.86 bits per heavy atom. The van der Waals surface area contributed by atoms with E-state index in [-0.39, 0.29) is 0 Å². The van der Waals surface area contributed by atoms with Gasteiger partial charge in [0.05, 0.1) is 0 Å². The molecule has 0 aliphatic heterocycles. The van der Waals surface area contributed by atoms with Gasteiger partial charge in [-0.1, -0.05) is 57.1 Å².